The van der Waals surface area contributed by atoms with E-state index < -0.39 is 18.1 Å². The topological polar surface area (TPSA) is 59.0 Å². The number of hydrogen-bond acceptors (Lipinski definition) is 5. The molecule has 0 saturated heterocycles. The number of rotatable bonds is 26. The molecule has 254 valence electrons. The lowest BCUT2D eigenvalue weighted by atomic mass is 9.90. The second-order valence-corrected chi connectivity index (χ2v) is 13.3. The monoisotopic (exact) mass is 623 g/mol. The number of ether oxygens (including phenoxy) is 2. The van der Waals surface area contributed by atoms with E-state index in [1.807, 2.05) is 62.6 Å². The van der Waals surface area contributed by atoms with Crippen LogP contribution >= 0.6 is 0 Å². The standard InChI is InChI=1S/C40H65NO4/c1-6-8-10-12-13-14-15-16-23-29-36(44-32-34-25-19-17-20-26-34)31-38(42)37(30-24-11-9-7-2)40(43)45-39(33(3)41(4)5)35-27-21-18-22-28-35/h17-22,25-28,33,36-39,42H,6-16,23-24,29-32H2,1-5H3/t33-,36+,37-,38-,39-/m0/s1. The third-order valence-electron chi connectivity index (χ3n) is 9.22. The highest BCUT2D eigenvalue weighted by Gasteiger charge is 2.34. The van der Waals surface area contributed by atoms with Gasteiger partial charge in [-0.05, 0) is 45.0 Å². The van der Waals surface area contributed by atoms with E-state index in [4.69, 9.17) is 9.47 Å². The average molecular weight is 624 g/mol. The van der Waals surface area contributed by atoms with Gasteiger partial charge in [0.2, 0.25) is 0 Å². The molecule has 0 unspecified atom stereocenters. The number of hydrogen-bond donors (Lipinski definition) is 1. The highest BCUT2D eigenvalue weighted by atomic mass is 16.5. The number of carbonyl (C=O) groups excluding carboxylic acids is 1. The lowest BCUT2D eigenvalue weighted by Crippen LogP contribution is -2.38. The smallest absolute Gasteiger partial charge is 0.312 e. The summed E-state index contributed by atoms with van der Waals surface area (Å²) in [5.41, 5.74) is 2.10. The Bertz CT molecular complexity index is 982. The Kier molecular flexibility index (Phi) is 20.8. The number of aliphatic hydroxyl groups is 1. The first-order chi connectivity index (χ1) is 21.9. The van der Waals surface area contributed by atoms with Crippen LogP contribution in [0.25, 0.3) is 0 Å². The van der Waals surface area contributed by atoms with Gasteiger partial charge in [0.05, 0.1) is 24.7 Å². The van der Waals surface area contributed by atoms with Gasteiger partial charge in [-0.1, -0.05) is 158 Å². The predicted molar refractivity (Wildman–Crippen MR) is 188 cm³/mol. The van der Waals surface area contributed by atoms with E-state index in [2.05, 4.69) is 37.8 Å². The third kappa shape index (κ3) is 16.3. The van der Waals surface area contributed by atoms with Gasteiger partial charge in [-0.3, -0.25) is 4.79 Å². The molecule has 0 radical (unpaired) electrons. The molecule has 5 atom stereocenters. The van der Waals surface area contributed by atoms with Gasteiger partial charge >= 0.3 is 5.97 Å². The average Bonchev–Trinajstić information content (AvgIpc) is 3.05. The van der Waals surface area contributed by atoms with Gasteiger partial charge in [-0.15, -0.1) is 0 Å². The SMILES string of the molecule is CCCCCCCCCCC[C@H](C[C@H](O)[C@H](CCCCCC)C(=O)O[C@H](c1ccccc1)[C@H](C)N(C)C)OCc1ccccc1. The minimum absolute atomic E-state index is 0.0113. The van der Waals surface area contributed by atoms with Gasteiger partial charge in [0, 0.05) is 12.5 Å². The summed E-state index contributed by atoms with van der Waals surface area (Å²) in [5.74, 6) is -0.875. The Morgan fingerprint density at radius 3 is 1.82 bits per heavy atom. The highest BCUT2D eigenvalue weighted by molar-refractivity contribution is 5.73. The fourth-order valence-electron chi connectivity index (χ4n) is 6.00. The van der Waals surface area contributed by atoms with Crippen molar-refractivity contribution in [2.45, 2.75) is 154 Å². The van der Waals surface area contributed by atoms with Crippen molar-refractivity contribution in [2.75, 3.05) is 14.1 Å². The van der Waals surface area contributed by atoms with Crippen LogP contribution < -0.4 is 0 Å². The minimum atomic E-state index is -0.815. The van der Waals surface area contributed by atoms with Crippen molar-refractivity contribution in [1.82, 2.24) is 4.90 Å². The summed E-state index contributed by atoms with van der Waals surface area (Å²) < 4.78 is 12.7. The summed E-state index contributed by atoms with van der Waals surface area (Å²) >= 11 is 0. The number of unbranched alkanes of at least 4 members (excludes halogenated alkanes) is 11. The minimum Gasteiger partial charge on any atom is -0.456 e. The Morgan fingerprint density at radius 1 is 0.733 bits per heavy atom. The number of benzene rings is 2. The zero-order valence-corrected chi connectivity index (χ0v) is 29.3. The fourth-order valence-corrected chi connectivity index (χ4v) is 6.00. The van der Waals surface area contributed by atoms with Crippen LogP contribution in [0.1, 0.15) is 141 Å². The molecule has 1 N–H and O–H groups in total. The molecule has 0 aliphatic carbocycles. The lowest BCUT2D eigenvalue weighted by Gasteiger charge is -2.32. The van der Waals surface area contributed by atoms with Crippen LogP contribution in [-0.2, 0) is 20.9 Å². The van der Waals surface area contributed by atoms with Crippen molar-refractivity contribution in [2.24, 2.45) is 5.92 Å². The van der Waals surface area contributed by atoms with Crippen molar-refractivity contribution in [3.8, 4) is 0 Å². The zero-order chi connectivity index (χ0) is 32.7. The van der Waals surface area contributed by atoms with Crippen LogP contribution in [0.4, 0.5) is 0 Å². The van der Waals surface area contributed by atoms with Crippen molar-refractivity contribution < 1.29 is 19.4 Å². The highest BCUT2D eigenvalue weighted by Crippen LogP contribution is 2.29. The molecular formula is C40H65NO4. The van der Waals surface area contributed by atoms with Gasteiger partial charge < -0.3 is 19.5 Å². The summed E-state index contributed by atoms with van der Waals surface area (Å²) in [4.78, 5) is 16.0. The van der Waals surface area contributed by atoms with Crippen molar-refractivity contribution in [3.63, 3.8) is 0 Å². The predicted octanol–water partition coefficient (Wildman–Crippen LogP) is 10.1. The van der Waals surface area contributed by atoms with E-state index in [-0.39, 0.29) is 18.1 Å². The van der Waals surface area contributed by atoms with Crippen molar-refractivity contribution >= 4 is 5.97 Å². The first-order valence-corrected chi connectivity index (χ1v) is 18.1. The Morgan fingerprint density at radius 2 is 1.24 bits per heavy atom. The molecule has 0 heterocycles. The molecule has 2 aromatic carbocycles. The number of aliphatic hydroxyl groups excluding tert-OH is 1. The third-order valence-corrected chi connectivity index (χ3v) is 9.22. The van der Waals surface area contributed by atoms with Crippen LogP contribution in [0.5, 0.6) is 0 Å². The first-order valence-electron chi connectivity index (χ1n) is 18.1. The van der Waals surface area contributed by atoms with Crippen molar-refractivity contribution in [3.05, 3.63) is 71.8 Å². The quantitative estimate of drug-likeness (QED) is 0.0835. The fraction of sp³-hybridized carbons (Fsp3) is 0.675. The maximum atomic E-state index is 13.9. The maximum absolute atomic E-state index is 13.9. The van der Waals surface area contributed by atoms with Crippen LogP contribution in [0.3, 0.4) is 0 Å². The van der Waals surface area contributed by atoms with E-state index in [1.165, 1.54) is 51.4 Å². The second kappa shape index (κ2) is 24.0. The molecule has 0 aromatic heterocycles. The summed E-state index contributed by atoms with van der Waals surface area (Å²) in [6.45, 7) is 7.04. The molecule has 0 saturated carbocycles. The number of esters is 1. The van der Waals surface area contributed by atoms with Gasteiger partial charge in [-0.25, -0.2) is 0 Å². The molecule has 0 amide bonds. The summed E-state index contributed by atoms with van der Waals surface area (Å²) in [5, 5.41) is 11.7. The van der Waals surface area contributed by atoms with Crippen LogP contribution in [0, 0.1) is 5.92 Å². The first kappa shape index (κ1) is 39.0. The van der Waals surface area contributed by atoms with Crippen LogP contribution in [-0.4, -0.2) is 48.3 Å². The Labute approximate surface area is 276 Å². The zero-order valence-electron chi connectivity index (χ0n) is 29.3. The normalized spacial score (nSPS) is 15.0. The number of carbonyl (C=O) groups is 1. The van der Waals surface area contributed by atoms with Crippen LogP contribution in [0.15, 0.2) is 60.7 Å². The van der Waals surface area contributed by atoms with Gasteiger partial charge in [0.15, 0.2) is 0 Å². The summed E-state index contributed by atoms with van der Waals surface area (Å²) in [7, 11) is 4.01. The maximum Gasteiger partial charge on any atom is 0.312 e. The second-order valence-electron chi connectivity index (χ2n) is 13.3. The summed E-state index contributed by atoms with van der Waals surface area (Å²) in [6, 6.07) is 20.2. The summed E-state index contributed by atoms with van der Waals surface area (Å²) in [6.07, 6.45) is 16.3. The molecule has 45 heavy (non-hydrogen) atoms. The molecule has 5 nitrogen and oxygen atoms in total. The largest absolute Gasteiger partial charge is 0.456 e. The van der Waals surface area contributed by atoms with Crippen LogP contribution in [0.2, 0.25) is 0 Å². The van der Waals surface area contributed by atoms with Crippen molar-refractivity contribution in [1.29, 1.82) is 0 Å². The van der Waals surface area contributed by atoms with E-state index in [1.54, 1.807) is 0 Å². The number of nitrogens with zero attached hydrogens (tertiary/aromatic N) is 1. The van der Waals surface area contributed by atoms with Gasteiger partial charge in [0.1, 0.15) is 6.10 Å². The van der Waals surface area contributed by atoms with E-state index in [0.717, 1.165) is 49.7 Å². The number of likely N-dealkylation sites (N-methyl/N-ethyl adjacent to an activating group) is 1. The van der Waals surface area contributed by atoms with Gasteiger partial charge in [-0.2, -0.15) is 0 Å². The lowest BCUT2D eigenvalue weighted by molar-refractivity contribution is -0.163. The molecular weight excluding hydrogens is 558 g/mol. The molecule has 0 spiro atoms. The Hall–Kier alpha value is -2.21. The molecule has 0 fully saturated rings. The van der Waals surface area contributed by atoms with E-state index in [9.17, 15) is 9.90 Å². The molecule has 0 bridgehead atoms. The van der Waals surface area contributed by atoms with E-state index >= 15 is 0 Å². The van der Waals surface area contributed by atoms with Gasteiger partial charge in [0.25, 0.3) is 0 Å². The molecule has 2 rings (SSSR count). The molecule has 0 aliphatic heterocycles. The molecule has 0 aliphatic rings. The molecule has 2 aromatic rings. The van der Waals surface area contributed by atoms with E-state index in [0.29, 0.717) is 19.4 Å². The molecule has 5 heteroatoms. The Balaban J connectivity index is 2.10.